The van der Waals surface area contributed by atoms with Gasteiger partial charge in [-0.3, -0.25) is 4.79 Å². The number of nitrogens with zero attached hydrogens (tertiary/aromatic N) is 3. The number of benzene rings is 1. The van der Waals surface area contributed by atoms with Crippen molar-refractivity contribution in [2.45, 2.75) is 12.8 Å². The van der Waals surface area contributed by atoms with Crippen molar-refractivity contribution in [2.24, 2.45) is 5.92 Å². The normalized spacial score (nSPS) is 14.8. The molecule has 150 valence electrons. The van der Waals surface area contributed by atoms with Gasteiger partial charge in [-0.25, -0.2) is 9.97 Å². The molecular formula is C22H24N4O3. The van der Waals surface area contributed by atoms with Gasteiger partial charge in [0.25, 0.3) is 5.91 Å². The van der Waals surface area contributed by atoms with Gasteiger partial charge in [-0.15, -0.1) is 0 Å². The number of carbonyl (C=O) groups is 1. The zero-order chi connectivity index (χ0) is 20.2. The molecule has 1 saturated heterocycles. The summed E-state index contributed by atoms with van der Waals surface area (Å²) in [6.07, 6.45) is 3.54. The number of aliphatic hydroxyl groups excluding tert-OH is 1. The van der Waals surface area contributed by atoms with E-state index in [0.717, 1.165) is 42.5 Å². The van der Waals surface area contributed by atoms with Crippen LogP contribution in [0.4, 0.5) is 11.5 Å². The van der Waals surface area contributed by atoms with Gasteiger partial charge in [0, 0.05) is 31.3 Å². The fourth-order valence-corrected chi connectivity index (χ4v) is 3.70. The molecule has 0 radical (unpaired) electrons. The number of nitrogens with one attached hydrogen (secondary N) is 1. The summed E-state index contributed by atoms with van der Waals surface area (Å²) in [6.45, 7) is 1.81. The lowest BCUT2D eigenvalue weighted by atomic mass is 9.98. The van der Waals surface area contributed by atoms with E-state index in [0.29, 0.717) is 17.5 Å². The smallest absolute Gasteiger partial charge is 0.274 e. The van der Waals surface area contributed by atoms with Crippen LogP contribution in [0.15, 0.2) is 48.7 Å². The first-order chi connectivity index (χ1) is 14.2. The van der Waals surface area contributed by atoms with Gasteiger partial charge in [0.05, 0.1) is 12.8 Å². The number of anilines is 2. The summed E-state index contributed by atoms with van der Waals surface area (Å²) < 4.78 is 5.38. The number of hydrogen-bond acceptors (Lipinski definition) is 6. The molecule has 0 unspecified atom stereocenters. The summed E-state index contributed by atoms with van der Waals surface area (Å²) in [4.78, 5) is 24.0. The molecule has 3 heterocycles. The quantitative estimate of drug-likeness (QED) is 0.694. The molecule has 1 aliphatic heterocycles. The summed E-state index contributed by atoms with van der Waals surface area (Å²) in [5, 5.41) is 14.1. The molecule has 1 amide bonds. The van der Waals surface area contributed by atoms with Gasteiger partial charge in [-0.2, -0.15) is 0 Å². The van der Waals surface area contributed by atoms with Gasteiger partial charge in [-0.1, -0.05) is 18.2 Å². The number of carbonyl (C=O) groups excluding carboxylic acids is 1. The second kappa shape index (κ2) is 8.45. The van der Waals surface area contributed by atoms with Crippen molar-refractivity contribution >= 4 is 28.2 Å². The minimum Gasteiger partial charge on any atom is -0.481 e. The van der Waals surface area contributed by atoms with Gasteiger partial charge in [-0.05, 0) is 48.4 Å². The fourth-order valence-electron chi connectivity index (χ4n) is 3.70. The molecule has 0 atom stereocenters. The zero-order valence-corrected chi connectivity index (χ0v) is 16.3. The third-order valence-electron chi connectivity index (χ3n) is 5.34. The number of methoxy groups -OCH3 is 1. The van der Waals surface area contributed by atoms with E-state index >= 15 is 0 Å². The van der Waals surface area contributed by atoms with Crippen molar-refractivity contribution in [3.05, 3.63) is 54.4 Å². The fraction of sp³-hybridized carbons (Fsp3) is 0.318. The molecule has 3 aromatic rings. The maximum atomic E-state index is 13.0. The lowest BCUT2D eigenvalue weighted by Crippen LogP contribution is -2.36. The highest BCUT2D eigenvalue weighted by molar-refractivity contribution is 6.06. The van der Waals surface area contributed by atoms with Gasteiger partial charge in [0.2, 0.25) is 5.88 Å². The van der Waals surface area contributed by atoms with Crippen LogP contribution in [-0.2, 0) is 0 Å². The van der Waals surface area contributed by atoms with E-state index in [1.807, 2.05) is 30.3 Å². The minimum absolute atomic E-state index is 0.217. The molecule has 4 rings (SSSR count). The first kappa shape index (κ1) is 19.1. The Balaban J connectivity index is 1.59. The van der Waals surface area contributed by atoms with Crippen molar-refractivity contribution in [2.75, 3.05) is 37.0 Å². The van der Waals surface area contributed by atoms with Crippen molar-refractivity contribution < 1.29 is 14.6 Å². The number of fused-ring (bicyclic) bond motifs is 1. The van der Waals surface area contributed by atoms with E-state index in [1.165, 1.54) is 0 Å². The largest absolute Gasteiger partial charge is 0.481 e. The minimum atomic E-state index is -0.312. The number of hydrogen-bond donors (Lipinski definition) is 2. The van der Waals surface area contributed by atoms with Crippen LogP contribution in [0.3, 0.4) is 0 Å². The topological polar surface area (TPSA) is 87.6 Å². The number of aromatic nitrogens is 2. The van der Waals surface area contributed by atoms with Crippen LogP contribution in [0.2, 0.25) is 0 Å². The van der Waals surface area contributed by atoms with Gasteiger partial charge in [0.15, 0.2) is 5.82 Å². The predicted molar refractivity (Wildman–Crippen MR) is 113 cm³/mol. The van der Waals surface area contributed by atoms with Crippen LogP contribution in [0.25, 0.3) is 10.8 Å². The molecule has 2 aromatic heterocycles. The van der Waals surface area contributed by atoms with E-state index < -0.39 is 0 Å². The molecule has 0 bridgehead atoms. The van der Waals surface area contributed by atoms with Crippen molar-refractivity contribution in [1.29, 1.82) is 0 Å². The van der Waals surface area contributed by atoms with Crippen molar-refractivity contribution in [3.63, 3.8) is 0 Å². The van der Waals surface area contributed by atoms with Crippen LogP contribution in [0, 0.1) is 5.92 Å². The van der Waals surface area contributed by atoms with Crippen LogP contribution in [0.5, 0.6) is 5.88 Å². The summed E-state index contributed by atoms with van der Waals surface area (Å²) in [7, 11) is 1.55. The molecule has 1 aromatic carbocycles. The van der Waals surface area contributed by atoms with Crippen LogP contribution >= 0.6 is 0 Å². The molecule has 0 saturated carbocycles. The van der Waals surface area contributed by atoms with Crippen LogP contribution in [0.1, 0.15) is 23.3 Å². The van der Waals surface area contributed by atoms with Crippen LogP contribution in [-0.4, -0.2) is 47.8 Å². The number of aliphatic hydroxyl groups is 1. The summed E-state index contributed by atoms with van der Waals surface area (Å²) in [5.41, 5.74) is 0.934. The summed E-state index contributed by atoms with van der Waals surface area (Å²) >= 11 is 0. The molecule has 1 aliphatic rings. The van der Waals surface area contributed by atoms with E-state index in [9.17, 15) is 9.90 Å². The lowest BCUT2D eigenvalue weighted by Gasteiger charge is -2.33. The Morgan fingerprint density at radius 3 is 2.79 bits per heavy atom. The SMILES string of the molecule is COc1nc(C(=O)Nc2cccnc2N2CCC(CO)CC2)cc2ccccc12. The van der Waals surface area contributed by atoms with Gasteiger partial charge < -0.3 is 20.1 Å². The Labute approximate surface area is 169 Å². The third kappa shape index (κ3) is 4.00. The average Bonchev–Trinajstić information content (AvgIpc) is 2.78. The Kier molecular flexibility index (Phi) is 5.57. The van der Waals surface area contributed by atoms with Gasteiger partial charge >= 0.3 is 0 Å². The molecule has 0 aliphatic carbocycles. The second-order valence-corrected chi connectivity index (χ2v) is 7.18. The highest BCUT2D eigenvalue weighted by Gasteiger charge is 2.22. The summed E-state index contributed by atoms with van der Waals surface area (Å²) in [5.74, 6) is 1.19. The lowest BCUT2D eigenvalue weighted by molar-refractivity contribution is 0.102. The Morgan fingerprint density at radius 1 is 1.24 bits per heavy atom. The Morgan fingerprint density at radius 2 is 2.03 bits per heavy atom. The Hall–Kier alpha value is -3.19. The Bertz CT molecular complexity index is 1020. The van der Waals surface area contributed by atoms with Crippen molar-refractivity contribution in [1.82, 2.24) is 9.97 Å². The average molecular weight is 392 g/mol. The van der Waals surface area contributed by atoms with Crippen molar-refractivity contribution in [3.8, 4) is 5.88 Å². The first-order valence-electron chi connectivity index (χ1n) is 9.75. The number of amides is 1. The number of ether oxygens (including phenoxy) is 1. The predicted octanol–water partition coefficient (Wildman–Crippen LogP) is 3.10. The third-order valence-corrected chi connectivity index (χ3v) is 5.34. The molecule has 29 heavy (non-hydrogen) atoms. The molecular weight excluding hydrogens is 368 g/mol. The van der Waals surface area contributed by atoms with Crippen LogP contribution < -0.4 is 15.0 Å². The molecule has 1 fully saturated rings. The zero-order valence-electron chi connectivity index (χ0n) is 16.3. The maximum Gasteiger partial charge on any atom is 0.274 e. The van der Waals surface area contributed by atoms with E-state index in [-0.39, 0.29) is 18.2 Å². The first-order valence-corrected chi connectivity index (χ1v) is 9.75. The number of pyridine rings is 2. The molecule has 0 spiro atoms. The maximum absolute atomic E-state index is 13.0. The standard InChI is InChI=1S/C22H24N4O3/c1-29-22-17-6-3-2-5-16(17)13-19(25-22)21(28)24-18-7-4-10-23-20(18)26-11-8-15(14-27)9-12-26/h2-7,10,13,15,27H,8-9,11-12,14H2,1H3,(H,24,28). The van der Waals surface area contributed by atoms with E-state index in [1.54, 1.807) is 25.4 Å². The molecule has 2 N–H and O–H groups in total. The highest BCUT2D eigenvalue weighted by atomic mass is 16.5. The van der Waals surface area contributed by atoms with E-state index in [4.69, 9.17) is 4.74 Å². The number of piperidine rings is 1. The summed E-state index contributed by atoms with van der Waals surface area (Å²) in [6, 6.07) is 13.1. The molecule has 7 nitrogen and oxygen atoms in total. The highest BCUT2D eigenvalue weighted by Crippen LogP contribution is 2.29. The van der Waals surface area contributed by atoms with E-state index in [2.05, 4.69) is 20.2 Å². The monoisotopic (exact) mass is 392 g/mol. The second-order valence-electron chi connectivity index (χ2n) is 7.18. The number of rotatable bonds is 5. The molecule has 7 heteroatoms. The van der Waals surface area contributed by atoms with Gasteiger partial charge in [0.1, 0.15) is 5.69 Å².